The molecule has 0 spiro atoms. The van der Waals surface area contributed by atoms with Gasteiger partial charge < -0.3 is 24.8 Å². The maximum atomic E-state index is 5.53. The Labute approximate surface area is 182 Å². The van der Waals surface area contributed by atoms with Crippen molar-refractivity contribution in [3.63, 3.8) is 0 Å². The highest BCUT2D eigenvalue weighted by atomic mass is 16.5. The first-order chi connectivity index (χ1) is 14.6. The van der Waals surface area contributed by atoms with Crippen molar-refractivity contribution >= 4 is 5.96 Å². The van der Waals surface area contributed by atoms with E-state index in [0.717, 1.165) is 76.3 Å². The van der Waals surface area contributed by atoms with Crippen LogP contribution < -0.4 is 15.4 Å². The predicted octanol–water partition coefficient (Wildman–Crippen LogP) is 2.51. The molecule has 170 valence electrons. The van der Waals surface area contributed by atoms with Gasteiger partial charge in [-0.25, -0.2) is 4.99 Å². The summed E-state index contributed by atoms with van der Waals surface area (Å²) in [5.74, 6) is 2.26. The van der Waals surface area contributed by atoms with Gasteiger partial charge >= 0.3 is 0 Å². The van der Waals surface area contributed by atoms with Crippen molar-refractivity contribution in [2.24, 2.45) is 10.9 Å². The quantitative estimate of drug-likeness (QED) is 0.308. The third kappa shape index (κ3) is 8.90. The van der Waals surface area contributed by atoms with Crippen molar-refractivity contribution in [2.45, 2.75) is 39.8 Å². The van der Waals surface area contributed by atoms with Gasteiger partial charge in [0.1, 0.15) is 5.75 Å². The molecule has 0 bridgehead atoms. The molecule has 1 aromatic rings. The van der Waals surface area contributed by atoms with E-state index in [2.05, 4.69) is 41.5 Å². The normalized spacial score (nSPS) is 16.5. The molecule has 0 radical (unpaired) electrons. The van der Waals surface area contributed by atoms with Crippen LogP contribution in [-0.2, 0) is 16.0 Å². The van der Waals surface area contributed by atoms with Crippen LogP contribution in [0.25, 0.3) is 0 Å². The predicted molar refractivity (Wildman–Crippen MR) is 122 cm³/mol. The number of ether oxygens (including phenoxy) is 3. The summed E-state index contributed by atoms with van der Waals surface area (Å²) in [5.41, 5.74) is 1.15. The number of hydrogen-bond donors (Lipinski definition) is 2. The summed E-state index contributed by atoms with van der Waals surface area (Å²) in [4.78, 5) is 7.34. The summed E-state index contributed by atoms with van der Waals surface area (Å²) in [6.45, 7) is 14.0. The summed E-state index contributed by atoms with van der Waals surface area (Å²) in [6.07, 6.45) is 0.953. The lowest BCUT2D eigenvalue weighted by Gasteiger charge is -2.37. The van der Waals surface area contributed by atoms with Gasteiger partial charge in [-0.05, 0) is 37.0 Å². The summed E-state index contributed by atoms with van der Waals surface area (Å²) in [6, 6.07) is 8.51. The Morgan fingerprint density at radius 2 is 1.90 bits per heavy atom. The van der Waals surface area contributed by atoms with Crippen LogP contribution in [0.2, 0.25) is 0 Å². The van der Waals surface area contributed by atoms with E-state index >= 15 is 0 Å². The largest absolute Gasteiger partial charge is 0.497 e. The molecular formula is C23H40N4O3. The molecule has 1 fully saturated rings. The third-order valence-corrected chi connectivity index (χ3v) is 5.30. The lowest BCUT2D eigenvalue weighted by Crippen LogP contribution is -2.52. The van der Waals surface area contributed by atoms with E-state index in [4.69, 9.17) is 19.2 Å². The maximum absolute atomic E-state index is 5.53. The van der Waals surface area contributed by atoms with Crippen molar-refractivity contribution in [3.05, 3.63) is 29.8 Å². The molecule has 1 saturated heterocycles. The van der Waals surface area contributed by atoms with E-state index in [1.807, 2.05) is 19.1 Å². The molecule has 1 atom stereocenters. The second-order valence-corrected chi connectivity index (χ2v) is 7.83. The van der Waals surface area contributed by atoms with Gasteiger partial charge in [0.25, 0.3) is 0 Å². The Balaban J connectivity index is 1.95. The fourth-order valence-corrected chi connectivity index (χ4v) is 3.50. The number of hydrogen-bond acceptors (Lipinski definition) is 5. The number of guanidine groups is 1. The second kappa shape index (κ2) is 14.2. The molecule has 30 heavy (non-hydrogen) atoms. The van der Waals surface area contributed by atoms with Gasteiger partial charge in [-0.2, -0.15) is 0 Å². The zero-order valence-electron chi connectivity index (χ0n) is 19.2. The summed E-state index contributed by atoms with van der Waals surface area (Å²) in [7, 11) is 1.68. The lowest BCUT2D eigenvalue weighted by atomic mass is 10.0. The van der Waals surface area contributed by atoms with Gasteiger partial charge in [-0.3, -0.25) is 4.90 Å². The van der Waals surface area contributed by atoms with Crippen molar-refractivity contribution in [1.82, 2.24) is 15.5 Å². The molecule has 0 saturated carbocycles. The van der Waals surface area contributed by atoms with Crippen molar-refractivity contribution < 1.29 is 14.2 Å². The molecule has 2 N–H and O–H groups in total. The van der Waals surface area contributed by atoms with Crippen LogP contribution in [0.15, 0.2) is 29.3 Å². The van der Waals surface area contributed by atoms with Gasteiger partial charge in [0.2, 0.25) is 0 Å². The smallest absolute Gasteiger partial charge is 0.191 e. The van der Waals surface area contributed by atoms with Crippen LogP contribution in [0.5, 0.6) is 5.75 Å². The van der Waals surface area contributed by atoms with Crippen molar-refractivity contribution in [3.8, 4) is 5.75 Å². The molecule has 7 nitrogen and oxygen atoms in total. The SMILES string of the molecule is CCOCCCNC(=NCc1ccc(OC)cc1)NCC(C(C)C)N1CCOCC1. The molecule has 1 unspecified atom stereocenters. The fraction of sp³-hybridized carbons (Fsp3) is 0.696. The average molecular weight is 421 g/mol. The van der Waals surface area contributed by atoms with Gasteiger partial charge in [0, 0.05) is 45.4 Å². The van der Waals surface area contributed by atoms with Crippen LogP contribution in [0, 0.1) is 5.92 Å². The Morgan fingerprint density at radius 1 is 1.17 bits per heavy atom. The molecule has 2 rings (SSSR count). The zero-order valence-corrected chi connectivity index (χ0v) is 19.2. The maximum Gasteiger partial charge on any atom is 0.191 e. The van der Waals surface area contributed by atoms with E-state index < -0.39 is 0 Å². The van der Waals surface area contributed by atoms with E-state index in [0.29, 0.717) is 18.5 Å². The highest BCUT2D eigenvalue weighted by Gasteiger charge is 2.23. The molecule has 7 heteroatoms. The first kappa shape index (κ1) is 24.4. The molecule has 0 aromatic heterocycles. The minimum absolute atomic E-state index is 0.449. The number of methoxy groups -OCH3 is 1. The Kier molecular flexibility index (Phi) is 11.6. The number of nitrogens with one attached hydrogen (secondary N) is 2. The van der Waals surface area contributed by atoms with Crippen LogP contribution in [-0.4, -0.2) is 76.6 Å². The highest BCUT2D eigenvalue weighted by molar-refractivity contribution is 5.79. The minimum Gasteiger partial charge on any atom is -0.497 e. The van der Waals surface area contributed by atoms with Crippen molar-refractivity contribution in [2.75, 3.05) is 59.7 Å². The lowest BCUT2D eigenvalue weighted by molar-refractivity contribution is 0.00752. The average Bonchev–Trinajstić information content (AvgIpc) is 2.77. The zero-order chi connectivity index (χ0) is 21.6. The van der Waals surface area contributed by atoms with Gasteiger partial charge in [-0.15, -0.1) is 0 Å². The standard InChI is InChI=1S/C23H40N4O3/c1-5-29-14-6-11-24-23(25-17-20-7-9-21(28-4)10-8-20)26-18-22(19(2)3)27-12-15-30-16-13-27/h7-10,19,22H,5-6,11-18H2,1-4H3,(H2,24,25,26). The van der Waals surface area contributed by atoms with Gasteiger partial charge in [0.15, 0.2) is 5.96 Å². The number of benzene rings is 1. The summed E-state index contributed by atoms with van der Waals surface area (Å²) in [5, 5.41) is 7.03. The Morgan fingerprint density at radius 3 is 2.53 bits per heavy atom. The van der Waals surface area contributed by atoms with E-state index in [-0.39, 0.29) is 0 Å². The molecule has 0 amide bonds. The van der Waals surface area contributed by atoms with Crippen LogP contribution in [0.1, 0.15) is 32.8 Å². The molecule has 1 heterocycles. The van der Waals surface area contributed by atoms with E-state index in [1.165, 1.54) is 0 Å². The molecular weight excluding hydrogens is 380 g/mol. The molecule has 1 aliphatic heterocycles. The van der Waals surface area contributed by atoms with Crippen LogP contribution in [0.3, 0.4) is 0 Å². The van der Waals surface area contributed by atoms with Crippen LogP contribution in [0.4, 0.5) is 0 Å². The van der Waals surface area contributed by atoms with Gasteiger partial charge in [0.05, 0.1) is 26.9 Å². The van der Waals surface area contributed by atoms with Gasteiger partial charge in [-0.1, -0.05) is 26.0 Å². The Bertz CT molecular complexity index is 601. The first-order valence-electron chi connectivity index (χ1n) is 11.2. The fourth-order valence-electron chi connectivity index (χ4n) is 3.50. The number of aliphatic imine (C=N–C) groups is 1. The van der Waals surface area contributed by atoms with Crippen LogP contribution >= 0.6 is 0 Å². The topological polar surface area (TPSA) is 67.3 Å². The third-order valence-electron chi connectivity index (χ3n) is 5.30. The Hall–Kier alpha value is -1.83. The molecule has 1 aromatic carbocycles. The van der Waals surface area contributed by atoms with E-state index in [9.17, 15) is 0 Å². The monoisotopic (exact) mass is 420 g/mol. The molecule has 0 aliphatic carbocycles. The summed E-state index contributed by atoms with van der Waals surface area (Å²) >= 11 is 0. The second-order valence-electron chi connectivity index (χ2n) is 7.83. The summed E-state index contributed by atoms with van der Waals surface area (Å²) < 4.78 is 16.2. The highest BCUT2D eigenvalue weighted by Crippen LogP contribution is 2.13. The van der Waals surface area contributed by atoms with E-state index in [1.54, 1.807) is 7.11 Å². The first-order valence-corrected chi connectivity index (χ1v) is 11.2. The number of rotatable bonds is 12. The number of nitrogens with zero attached hydrogens (tertiary/aromatic N) is 2. The molecule has 1 aliphatic rings. The minimum atomic E-state index is 0.449. The number of morpholine rings is 1. The van der Waals surface area contributed by atoms with Crippen molar-refractivity contribution in [1.29, 1.82) is 0 Å².